The first-order chi connectivity index (χ1) is 9.19. The summed E-state index contributed by atoms with van der Waals surface area (Å²) < 4.78 is 0. The number of rotatable bonds is 5. The fourth-order valence-electron chi connectivity index (χ4n) is 1.69. The maximum atomic E-state index is 11.4. The van der Waals surface area contributed by atoms with Crippen molar-refractivity contribution in [2.75, 3.05) is 7.05 Å². The van der Waals surface area contributed by atoms with Gasteiger partial charge in [0.05, 0.1) is 16.9 Å². The number of aromatic nitrogens is 2. The quantitative estimate of drug-likeness (QED) is 0.479. The number of nitrogens with two attached hydrogens (primary N) is 1. The van der Waals surface area contributed by atoms with Gasteiger partial charge in [0, 0.05) is 18.5 Å². The van der Waals surface area contributed by atoms with Crippen LogP contribution in [0.2, 0.25) is 0 Å². The van der Waals surface area contributed by atoms with Gasteiger partial charge >= 0.3 is 0 Å². The standard InChI is InChI=1S/C12H15N5OS/c1-17(6-10-7-19-8-14-10)5-9-3-2-4-11(15-9)12(18)16-13/h2-4,7-8H,5-6,13H2,1H3,(H,16,18). The molecule has 100 valence electrons. The first kappa shape index (κ1) is 13.6. The summed E-state index contributed by atoms with van der Waals surface area (Å²) in [5, 5.41) is 2.02. The van der Waals surface area contributed by atoms with Gasteiger partial charge in [-0.1, -0.05) is 6.07 Å². The van der Waals surface area contributed by atoms with Gasteiger partial charge in [0.15, 0.2) is 0 Å². The van der Waals surface area contributed by atoms with Gasteiger partial charge in [0.25, 0.3) is 5.91 Å². The first-order valence-electron chi connectivity index (χ1n) is 5.71. The molecule has 2 rings (SSSR count). The molecule has 0 atom stereocenters. The average Bonchev–Trinajstić information content (AvgIpc) is 2.90. The van der Waals surface area contributed by atoms with E-state index in [0.29, 0.717) is 12.2 Å². The predicted molar refractivity (Wildman–Crippen MR) is 73.2 cm³/mol. The molecule has 0 unspecified atom stereocenters. The summed E-state index contributed by atoms with van der Waals surface area (Å²) in [6.45, 7) is 1.39. The minimum atomic E-state index is -0.385. The molecule has 6 nitrogen and oxygen atoms in total. The number of hydrogen-bond donors (Lipinski definition) is 2. The van der Waals surface area contributed by atoms with Crippen LogP contribution >= 0.6 is 11.3 Å². The molecule has 0 spiro atoms. The molecule has 0 saturated carbocycles. The Bertz CT molecular complexity index is 543. The predicted octanol–water partition coefficient (Wildman–Crippen LogP) is 0.774. The van der Waals surface area contributed by atoms with Gasteiger partial charge in [-0.25, -0.2) is 15.8 Å². The smallest absolute Gasteiger partial charge is 0.283 e. The molecule has 0 aliphatic rings. The fourth-order valence-corrected chi connectivity index (χ4v) is 2.24. The highest BCUT2D eigenvalue weighted by molar-refractivity contribution is 7.07. The van der Waals surface area contributed by atoms with E-state index in [1.807, 2.05) is 24.0 Å². The van der Waals surface area contributed by atoms with Crippen molar-refractivity contribution >= 4 is 17.2 Å². The number of carbonyl (C=O) groups excluding carboxylic acids is 1. The third-order valence-electron chi connectivity index (χ3n) is 2.52. The summed E-state index contributed by atoms with van der Waals surface area (Å²) in [5.74, 6) is 4.70. The molecule has 0 radical (unpaired) electrons. The van der Waals surface area contributed by atoms with Crippen molar-refractivity contribution in [2.24, 2.45) is 5.84 Å². The number of nitrogens with one attached hydrogen (secondary N) is 1. The zero-order valence-electron chi connectivity index (χ0n) is 10.5. The minimum absolute atomic E-state index is 0.321. The van der Waals surface area contributed by atoms with Crippen LogP contribution in [0.4, 0.5) is 0 Å². The van der Waals surface area contributed by atoms with Crippen molar-refractivity contribution in [1.29, 1.82) is 0 Å². The molecule has 0 aliphatic heterocycles. The van der Waals surface area contributed by atoms with Crippen molar-refractivity contribution < 1.29 is 4.79 Å². The van der Waals surface area contributed by atoms with Crippen LogP contribution in [-0.4, -0.2) is 27.8 Å². The zero-order chi connectivity index (χ0) is 13.7. The highest BCUT2D eigenvalue weighted by Crippen LogP contribution is 2.08. The summed E-state index contributed by atoms with van der Waals surface area (Å²) in [6, 6.07) is 5.31. The van der Waals surface area contributed by atoms with E-state index in [9.17, 15) is 4.79 Å². The summed E-state index contributed by atoms with van der Waals surface area (Å²) >= 11 is 1.58. The monoisotopic (exact) mass is 277 g/mol. The molecule has 1 amide bonds. The number of hydrogen-bond acceptors (Lipinski definition) is 6. The Morgan fingerprint density at radius 2 is 2.21 bits per heavy atom. The lowest BCUT2D eigenvalue weighted by Crippen LogP contribution is -2.31. The Hall–Kier alpha value is -1.83. The van der Waals surface area contributed by atoms with Crippen LogP contribution in [0.1, 0.15) is 21.9 Å². The van der Waals surface area contributed by atoms with Crippen LogP contribution in [0.15, 0.2) is 29.1 Å². The van der Waals surface area contributed by atoms with Crippen LogP contribution in [0.5, 0.6) is 0 Å². The molecule has 0 aliphatic carbocycles. The molecule has 0 bridgehead atoms. The molecule has 2 aromatic rings. The second kappa shape index (κ2) is 6.37. The van der Waals surface area contributed by atoms with Crippen LogP contribution < -0.4 is 11.3 Å². The van der Waals surface area contributed by atoms with Gasteiger partial charge < -0.3 is 0 Å². The maximum absolute atomic E-state index is 11.4. The zero-order valence-corrected chi connectivity index (χ0v) is 11.4. The van der Waals surface area contributed by atoms with Gasteiger partial charge in [-0.05, 0) is 19.2 Å². The molecular formula is C12H15N5OS. The number of pyridine rings is 1. The summed E-state index contributed by atoms with van der Waals surface area (Å²) in [4.78, 5) is 22.0. The van der Waals surface area contributed by atoms with Crippen molar-refractivity contribution in [3.05, 3.63) is 46.2 Å². The Morgan fingerprint density at radius 3 is 2.89 bits per heavy atom. The van der Waals surface area contributed by atoms with Crippen molar-refractivity contribution in [2.45, 2.75) is 13.1 Å². The van der Waals surface area contributed by atoms with Gasteiger partial charge in [0.2, 0.25) is 0 Å². The lowest BCUT2D eigenvalue weighted by atomic mass is 10.2. The molecule has 2 heterocycles. The van der Waals surface area contributed by atoms with Gasteiger partial charge in [-0.2, -0.15) is 0 Å². The van der Waals surface area contributed by atoms with Gasteiger partial charge in [-0.15, -0.1) is 11.3 Å². The third-order valence-corrected chi connectivity index (χ3v) is 3.15. The second-order valence-electron chi connectivity index (χ2n) is 4.14. The van der Waals surface area contributed by atoms with Crippen molar-refractivity contribution in [3.63, 3.8) is 0 Å². The summed E-state index contributed by atoms with van der Waals surface area (Å²) in [5.41, 5.74) is 6.06. The molecule has 3 N–H and O–H groups in total. The van der Waals surface area contributed by atoms with Crippen LogP contribution in [-0.2, 0) is 13.1 Å². The number of amides is 1. The van der Waals surface area contributed by atoms with Gasteiger partial charge in [0.1, 0.15) is 5.69 Å². The van der Waals surface area contributed by atoms with E-state index < -0.39 is 0 Å². The Labute approximate surface area is 115 Å². The molecule has 7 heteroatoms. The lowest BCUT2D eigenvalue weighted by Gasteiger charge is -2.15. The molecule has 0 aromatic carbocycles. The number of nitrogen functional groups attached to an aromatic ring is 1. The normalized spacial score (nSPS) is 10.7. The van der Waals surface area contributed by atoms with E-state index >= 15 is 0 Å². The van der Waals surface area contributed by atoms with Crippen LogP contribution in [0.3, 0.4) is 0 Å². The van der Waals surface area contributed by atoms with Crippen molar-refractivity contribution in [3.8, 4) is 0 Å². The number of hydrazine groups is 1. The molecule has 2 aromatic heterocycles. The molecular weight excluding hydrogens is 262 g/mol. The number of thiazole rings is 1. The Kier molecular flexibility index (Phi) is 4.56. The molecule has 0 fully saturated rings. The second-order valence-corrected chi connectivity index (χ2v) is 4.86. The largest absolute Gasteiger partial charge is 0.295 e. The van der Waals surface area contributed by atoms with Crippen molar-refractivity contribution in [1.82, 2.24) is 20.3 Å². The number of carbonyl (C=O) groups is 1. The first-order valence-corrected chi connectivity index (χ1v) is 6.66. The highest BCUT2D eigenvalue weighted by Gasteiger charge is 2.08. The highest BCUT2D eigenvalue weighted by atomic mass is 32.1. The minimum Gasteiger partial charge on any atom is -0.295 e. The summed E-state index contributed by atoms with van der Waals surface area (Å²) in [7, 11) is 1.98. The maximum Gasteiger partial charge on any atom is 0.283 e. The SMILES string of the molecule is CN(Cc1cscn1)Cc1cccc(C(=O)NN)n1. The van der Waals surface area contributed by atoms with E-state index in [0.717, 1.165) is 17.9 Å². The van der Waals surface area contributed by atoms with E-state index in [2.05, 4.69) is 20.3 Å². The average molecular weight is 277 g/mol. The lowest BCUT2D eigenvalue weighted by molar-refractivity contribution is 0.0948. The third kappa shape index (κ3) is 3.82. The fraction of sp³-hybridized carbons (Fsp3) is 0.250. The Balaban J connectivity index is 2.00. The van der Waals surface area contributed by atoms with E-state index in [1.165, 1.54) is 0 Å². The number of nitrogens with zero attached hydrogens (tertiary/aromatic N) is 3. The summed E-state index contributed by atoms with van der Waals surface area (Å²) in [6.07, 6.45) is 0. The van der Waals surface area contributed by atoms with Crippen LogP contribution in [0, 0.1) is 0 Å². The molecule has 0 saturated heterocycles. The van der Waals surface area contributed by atoms with E-state index in [1.54, 1.807) is 23.5 Å². The van der Waals surface area contributed by atoms with Crippen LogP contribution in [0.25, 0.3) is 0 Å². The Morgan fingerprint density at radius 1 is 1.42 bits per heavy atom. The van der Waals surface area contributed by atoms with Gasteiger partial charge in [-0.3, -0.25) is 15.1 Å². The van der Waals surface area contributed by atoms with E-state index in [-0.39, 0.29) is 5.91 Å². The topological polar surface area (TPSA) is 84.1 Å². The van der Waals surface area contributed by atoms with E-state index in [4.69, 9.17) is 5.84 Å². The molecule has 19 heavy (non-hydrogen) atoms.